The molecule has 0 bridgehead atoms. The van der Waals surface area contributed by atoms with Crippen LogP contribution in [0.15, 0.2) is 48.6 Å². The summed E-state index contributed by atoms with van der Waals surface area (Å²) in [5.41, 5.74) is 0. The van der Waals surface area contributed by atoms with Crippen LogP contribution in [0.5, 0.6) is 0 Å². The maximum absolute atomic E-state index is 8.00. The zero-order chi connectivity index (χ0) is 13.3. The topological polar surface area (TPSA) is 17.1 Å². The summed E-state index contributed by atoms with van der Waals surface area (Å²) < 4.78 is 0. The van der Waals surface area contributed by atoms with E-state index in [-0.39, 0.29) is 16.8 Å². The molecule has 0 saturated heterocycles. The fourth-order valence-electron chi connectivity index (χ4n) is 1.75. The van der Waals surface area contributed by atoms with E-state index in [0.29, 0.717) is 0 Å². The normalized spacial score (nSPS) is 23.8. The number of carbonyl (C=O) groups excluding carboxylic acids is 1. The van der Waals surface area contributed by atoms with E-state index >= 15 is 0 Å². The summed E-state index contributed by atoms with van der Waals surface area (Å²) in [4.78, 5) is 8.00. The van der Waals surface area contributed by atoms with E-state index in [1.807, 2.05) is 6.79 Å². The van der Waals surface area contributed by atoms with Gasteiger partial charge in [-0.05, 0) is 51.4 Å². The maximum atomic E-state index is 8.00. The number of carbonyl (C=O) groups is 1. The average molecular weight is 305 g/mol. The van der Waals surface area contributed by atoms with Gasteiger partial charge in [0.25, 0.3) is 0 Å². The van der Waals surface area contributed by atoms with E-state index in [1.54, 1.807) is 0 Å². The second kappa shape index (κ2) is 19.5. The molecular formula is C17H26CoO. The first-order valence-corrected chi connectivity index (χ1v) is 6.92. The molecule has 2 rings (SSSR count). The Morgan fingerprint density at radius 3 is 0.947 bits per heavy atom. The molecule has 19 heavy (non-hydrogen) atoms. The first-order valence-electron chi connectivity index (χ1n) is 6.92. The Hall–Kier alpha value is -0.864. The van der Waals surface area contributed by atoms with Gasteiger partial charge >= 0.3 is 0 Å². The molecule has 2 heteroatoms. The molecule has 0 aromatic rings. The van der Waals surface area contributed by atoms with E-state index < -0.39 is 0 Å². The fraction of sp³-hybridized carbons (Fsp3) is 0.471. The molecule has 1 nitrogen and oxygen atoms in total. The molecule has 0 N–H and O–H groups in total. The van der Waals surface area contributed by atoms with Crippen LogP contribution in [-0.4, -0.2) is 6.79 Å². The van der Waals surface area contributed by atoms with Crippen molar-refractivity contribution in [1.29, 1.82) is 0 Å². The van der Waals surface area contributed by atoms with Gasteiger partial charge in [-0.25, -0.2) is 0 Å². The molecule has 0 spiro atoms. The van der Waals surface area contributed by atoms with Crippen LogP contribution in [0, 0.1) is 0 Å². The van der Waals surface area contributed by atoms with Gasteiger partial charge in [0.15, 0.2) is 0 Å². The average Bonchev–Trinajstić information content (AvgIpc) is 2.30. The molecule has 0 aromatic carbocycles. The van der Waals surface area contributed by atoms with Gasteiger partial charge < -0.3 is 4.79 Å². The zero-order valence-electron chi connectivity index (χ0n) is 11.7. The summed E-state index contributed by atoms with van der Waals surface area (Å²) >= 11 is 0. The second-order valence-electron chi connectivity index (χ2n) is 4.28. The van der Waals surface area contributed by atoms with Crippen LogP contribution >= 0.6 is 0 Å². The number of rotatable bonds is 0. The van der Waals surface area contributed by atoms with Gasteiger partial charge in [0, 0.05) is 16.8 Å². The maximum Gasteiger partial charge on any atom is 0.106 e. The summed E-state index contributed by atoms with van der Waals surface area (Å²) in [5, 5.41) is 0. The van der Waals surface area contributed by atoms with Gasteiger partial charge in [0.1, 0.15) is 6.79 Å². The number of allylic oxidation sites excluding steroid dienone is 8. The Morgan fingerprint density at radius 2 is 0.737 bits per heavy atom. The fourth-order valence-corrected chi connectivity index (χ4v) is 1.75. The Balaban J connectivity index is 0. The van der Waals surface area contributed by atoms with Gasteiger partial charge in [-0.3, -0.25) is 0 Å². The predicted molar refractivity (Wildman–Crippen MR) is 80.6 cm³/mol. The zero-order valence-corrected chi connectivity index (χ0v) is 12.8. The molecular weight excluding hydrogens is 279 g/mol. The van der Waals surface area contributed by atoms with Crippen molar-refractivity contribution in [3.63, 3.8) is 0 Å². The third kappa shape index (κ3) is 17.1. The molecule has 109 valence electrons. The van der Waals surface area contributed by atoms with Crippen LogP contribution in [-0.2, 0) is 21.6 Å². The molecule has 0 saturated carbocycles. The van der Waals surface area contributed by atoms with Crippen LogP contribution in [0.4, 0.5) is 0 Å². The molecule has 0 aliphatic heterocycles. The molecule has 0 amide bonds. The Morgan fingerprint density at radius 1 is 0.526 bits per heavy atom. The molecule has 0 fully saturated rings. The Bertz CT molecular complexity index is 221. The Labute approximate surface area is 128 Å². The van der Waals surface area contributed by atoms with Gasteiger partial charge in [-0.1, -0.05) is 48.6 Å². The van der Waals surface area contributed by atoms with E-state index in [2.05, 4.69) is 48.6 Å². The van der Waals surface area contributed by atoms with Crippen molar-refractivity contribution in [2.45, 2.75) is 51.4 Å². The van der Waals surface area contributed by atoms with Crippen LogP contribution in [0.3, 0.4) is 0 Å². The monoisotopic (exact) mass is 305 g/mol. The second-order valence-corrected chi connectivity index (χ2v) is 4.28. The minimum atomic E-state index is 0. The van der Waals surface area contributed by atoms with Crippen LogP contribution < -0.4 is 0 Å². The predicted octanol–water partition coefficient (Wildman–Crippen LogP) is 5.16. The van der Waals surface area contributed by atoms with Crippen molar-refractivity contribution in [1.82, 2.24) is 0 Å². The van der Waals surface area contributed by atoms with Crippen molar-refractivity contribution >= 4 is 6.79 Å². The van der Waals surface area contributed by atoms with Crippen molar-refractivity contribution in [3.05, 3.63) is 48.6 Å². The molecule has 0 aromatic heterocycles. The third-order valence-corrected chi connectivity index (χ3v) is 2.75. The van der Waals surface area contributed by atoms with Gasteiger partial charge in [-0.15, -0.1) is 0 Å². The summed E-state index contributed by atoms with van der Waals surface area (Å²) in [6.45, 7) is 2.00. The third-order valence-electron chi connectivity index (χ3n) is 2.75. The standard InChI is InChI=1S/2C8H12.CH2O.Co/c2*1-2-4-6-8-7-5-3-1;1-2;/h2*1-4H,5-8H2;1H2;/b2*3-1-,4-2-;;. The molecule has 2 aliphatic rings. The largest absolute Gasteiger partial charge is 0.307 e. The van der Waals surface area contributed by atoms with Crippen LogP contribution in [0.2, 0.25) is 0 Å². The van der Waals surface area contributed by atoms with E-state index in [4.69, 9.17) is 4.79 Å². The minimum absolute atomic E-state index is 0. The first-order chi connectivity index (χ1) is 9.00. The summed E-state index contributed by atoms with van der Waals surface area (Å²) in [6, 6.07) is 0. The SMILES string of the molecule is C1=C\CCCC\C=C/1.C1=C\CCCC\C=C/1.C=O.[Co]. The minimum Gasteiger partial charge on any atom is -0.307 e. The first kappa shape index (κ1) is 20.5. The Kier molecular flexibility index (Phi) is 21.0. The van der Waals surface area contributed by atoms with Crippen molar-refractivity contribution in [3.8, 4) is 0 Å². The van der Waals surface area contributed by atoms with Gasteiger partial charge in [-0.2, -0.15) is 0 Å². The van der Waals surface area contributed by atoms with Gasteiger partial charge in [0.05, 0.1) is 0 Å². The summed E-state index contributed by atoms with van der Waals surface area (Å²) in [5.74, 6) is 0. The van der Waals surface area contributed by atoms with E-state index in [9.17, 15) is 0 Å². The van der Waals surface area contributed by atoms with Crippen molar-refractivity contribution in [2.24, 2.45) is 0 Å². The van der Waals surface area contributed by atoms with Gasteiger partial charge in [0.2, 0.25) is 0 Å². The molecule has 2 aliphatic carbocycles. The van der Waals surface area contributed by atoms with Crippen molar-refractivity contribution < 1.29 is 21.6 Å². The number of hydrogen-bond acceptors (Lipinski definition) is 1. The summed E-state index contributed by atoms with van der Waals surface area (Å²) in [6.07, 6.45) is 28.0. The number of hydrogen-bond donors (Lipinski definition) is 0. The quantitative estimate of drug-likeness (QED) is 0.604. The van der Waals surface area contributed by atoms with Crippen LogP contribution in [0.25, 0.3) is 0 Å². The molecule has 0 heterocycles. The molecule has 0 atom stereocenters. The van der Waals surface area contributed by atoms with E-state index in [0.717, 1.165) is 0 Å². The molecule has 0 unspecified atom stereocenters. The van der Waals surface area contributed by atoms with Crippen molar-refractivity contribution in [2.75, 3.05) is 0 Å². The molecule has 1 radical (unpaired) electrons. The summed E-state index contributed by atoms with van der Waals surface area (Å²) in [7, 11) is 0. The van der Waals surface area contributed by atoms with Crippen LogP contribution in [0.1, 0.15) is 51.4 Å². The smallest absolute Gasteiger partial charge is 0.106 e. The van der Waals surface area contributed by atoms with E-state index in [1.165, 1.54) is 51.4 Å².